The minimum Gasteiger partial charge on any atom is -0.347 e. The smallest absolute Gasteiger partial charge is 0.251 e. The lowest BCUT2D eigenvalue weighted by molar-refractivity contribution is -0.117. The van der Waals surface area contributed by atoms with Crippen molar-refractivity contribution in [3.63, 3.8) is 0 Å². The molecule has 5 nitrogen and oxygen atoms in total. The van der Waals surface area contributed by atoms with Gasteiger partial charge in [0, 0.05) is 16.8 Å². The van der Waals surface area contributed by atoms with Crippen molar-refractivity contribution in [1.82, 2.24) is 10.2 Å². The zero-order valence-corrected chi connectivity index (χ0v) is 15.2. The summed E-state index contributed by atoms with van der Waals surface area (Å²) >= 11 is 0. The van der Waals surface area contributed by atoms with E-state index in [1.165, 1.54) is 0 Å². The number of piperidine rings is 1. The zero-order chi connectivity index (χ0) is 17.7. The van der Waals surface area contributed by atoms with Crippen LogP contribution in [-0.4, -0.2) is 41.9 Å². The normalized spacial score (nSPS) is 16.7. The summed E-state index contributed by atoms with van der Waals surface area (Å²) in [4.78, 5) is 26.6. The number of nitrogens with one attached hydrogen (secondary N) is 2. The second-order valence-corrected chi connectivity index (χ2v) is 7.79. The molecule has 0 bridgehead atoms. The van der Waals surface area contributed by atoms with Crippen molar-refractivity contribution in [3.8, 4) is 0 Å². The van der Waals surface area contributed by atoms with Gasteiger partial charge >= 0.3 is 0 Å². The average molecular weight is 331 g/mol. The number of nitrogens with zero attached hydrogens (tertiary/aromatic N) is 1. The van der Waals surface area contributed by atoms with E-state index >= 15 is 0 Å². The fourth-order valence-electron chi connectivity index (χ4n) is 2.77. The zero-order valence-electron chi connectivity index (χ0n) is 15.2. The van der Waals surface area contributed by atoms with Gasteiger partial charge in [-0.1, -0.05) is 13.0 Å². The Kier molecular flexibility index (Phi) is 5.99. The molecule has 5 heteroatoms. The fraction of sp³-hybridized carbons (Fsp3) is 0.579. The quantitative estimate of drug-likeness (QED) is 0.892. The summed E-state index contributed by atoms with van der Waals surface area (Å²) in [5.41, 5.74) is 0.920. The van der Waals surface area contributed by atoms with Gasteiger partial charge < -0.3 is 10.6 Å². The summed E-state index contributed by atoms with van der Waals surface area (Å²) < 4.78 is 0. The topological polar surface area (TPSA) is 61.4 Å². The van der Waals surface area contributed by atoms with E-state index < -0.39 is 0 Å². The lowest BCUT2D eigenvalue weighted by Crippen LogP contribution is -2.40. The first kappa shape index (κ1) is 18.5. The number of carbonyl (C=O) groups excluding carboxylic acids is 2. The van der Waals surface area contributed by atoms with E-state index in [0.29, 0.717) is 17.8 Å². The Morgan fingerprint density at radius 1 is 1.21 bits per heavy atom. The minimum absolute atomic E-state index is 0.0297. The molecule has 0 atom stereocenters. The first-order valence-electron chi connectivity index (χ1n) is 8.68. The van der Waals surface area contributed by atoms with Crippen LogP contribution in [0.3, 0.4) is 0 Å². The molecule has 0 radical (unpaired) electrons. The van der Waals surface area contributed by atoms with E-state index in [-0.39, 0.29) is 17.4 Å². The van der Waals surface area contributed by atoms with Crippen LogP contribution in [0.4, 0.5) is 5.69 Å². The van der Waals surface area contributed by atoms with Crippen molar-refractivity contribution in [1.29, 1.82) is 0 Å². The van der Waals surface area contributed by atoms with Gasteiger partial charge in [0.25, 0.3) is 5.91 Å². The molecule has 1 aliphatic rings. The van der Waals surface area contributed by atoms with Crippen LogP contribution in [0.2, 0.25) is 0 Å². The van der Waals surface area contributed by atoms with Crippen LogP contribution in [0.25, 0.3) is 0 Å². The van der Waals surface area contributed by atoms with Crippen molar-refractivity contribution in [2.75, 3.05) is 25.0 Å². The molecular weight excluding hydrogens is 302 g/mol. The lowest BCUT2D eigenvalue weighted by Gasteiger charge is -2.29. The molecular formula is C19H29N3O2. The SMILES string of the molecule is CC1CCN(CC(=O)Nc2cccc(C(=O)NC(C)(C)C)c2)CC1. The third-order valence-electron chi connectivity index (χ3n) is 4.14. The van der Waals surface area contributed by atoms with Crippen molar-refractivity contribution < 1.29 is 9.59 Å². The van der Waals surface area contributed by atoms with E-state index in [1.54, 1.807) is 18.2 Å². The van der Waals surface area contributed by atoms with E-state index in [0.717, 1.165) is 31.8 Å². The van der Waals surface area contributed by atoms with Crippen LogP contribution in [0.15, 0.2) is 24.3 Å². The molecule has 0 aromatic heterocycles. The highest BCUT2D eigenvalue weighted by Crippen LogP contribution is 2.16. The lowest BCUT2D eigenvalue weighted by atomic mass is 9.99. The third-order valence-corrected chi connectivity index (χ3v) is 4.14. The molecule has 0 spiro atoms. The number of benzene rings is 1. The van der Waals surface area contributed by atoms with Gasteiger partial charge in [-0.15, -0.1) is 0 Å². The molecule has 1 aromatic rings. The van der Waals surface area contributed by atoms with Crippen LogP contribution >= 0.6 is 0 Å². The Morgan fingerprint density at radius 3 is 2.50 bits per heavy atom. The van der Waals surface area contributed by atoms with Crippen molar-refractivity contribution in [3.05, 3.63) is 29.8 Å². The first-order valence-corrected chi connectivity index (χ1v) is 8.68. The Hall–Kier alpha value is -1.88. The number of rotatable bonds is 4. The Bertz CT molecular complexity index is 585. The van der Waals surface area contributed by atoms with Crippen LogP contribution in [-0.2, 0) is 4.79 Å². The molecule has 24 heavy (non-hydrogen) atoms. The van der Waals surface area contributed by atoms with Crippen LogP contribution in [0, 0.1) is 5.92 Å². The van der Waals surface area contributed by atoms with E-state index in [4.69, 9.17) is 0 Å². The van der Waals surface area contributed by atoms with E-state index in [2.05, 4.69) is 22.5 Å². The average Bonchev–Trinajstić information content (AvgIpc) is 2.48. The standard InChI is InChI=1S/C19H29N3O2/c1-14-8-10-22(11-9-14)13-17(23)20-16-7-5-6-15(12-16)18(24)21-19(2,3)4/h5-7,12,14H,8-11,13H2,1-4H3,(H,20,23)(H,21,24). The highest BCUT2D eigenvalue weighted by Gasteiger charge is 2.19. The van der Waals surface area contributed by atoms with Gasteiger partial charge in [-0.05, 0) is 70.8 Å². The van der Waals surface area contributed by atoms with E-state index in [1.807, 2.05) is 26.8 Å². The van der Waals surface area contributed by atoms with Crippen LogP contribution in [0.1, 0.15) is 50.9 Å². The maximum Gasteiger partial charge on any atom is 0.251 e. The van der Waals surface area contributed by atoms with Crippen molar-refractivity contribution in [2.45, 2.75) is 46.1 Å². The summed E-state index contributed by atoms with van der Waals surface area (Å²) in [5, 5.41) is 5.82. The summed E-state index contributed by atoms with van der Waals surface area (Å²) in [5.74, 6) is 0.587. The van der Waals surface area contributed by atoms with Gasteiger partial charge in [0.15, 0.2) is 0 Å². The molecule has 1 saturated heterocycles. The molecule has 0 aliphatic carbocycles. The third kappa shape index (κ3) is 5.96. The molecule has 2 amide bonds. The van der Waals surface area contributed by atoms with Crippen LogP contribution in [0.5, 0.6) is 0 Å². The maximum absolute atomic E-state index is 12.2. The predicted molar refractivity (Wildman–Crippen MR) is 97.1 cm³/mol. The summed E-state index contributed by atoms with van der Waals surface area (Å²) in [6.07, 6.45) is 2.30. The van der Waals surface area contributed by atoms with Gasteiger partial charge in [-0.3, -0.25) is 14.5 Å². The van der Waals surface area contributed by atoms with Gasteiger partial charge in [0.2, 0.25) is 5.91 Å². The summed E-state index contributed by atoms with van der Waals surface area (Å²) in [6, 6.07) is 7.07. The predicted octanol–water partition coefficient (Wildman–Crippen LogP) is 2.89. The molecule has 132 valence electrons. The van der Waals surface area contributed by atoms with Gasteiger partial charge in [0.05, 0.1) is 6.54 Å². The monoisotopic (exact) mass is 331 g/mol. The number of anilines is 1. The number of hydrogen-bond acceptors (Lipinski definition) is 3. The van der Waals surface area contributed by atoms with Crippen LogP contribution < -0.4 is 10.6 Å². The molecule has 2 N–H and O–H groups in total. The number of likely N-dealkylation sites (tertiary alicyclic amines) is 1. The molecule has 0 saturated carbocycles. The Morgan fingerprint density at radius 2 is 1.88 bits per heavy atom. The number of amides is 2. The van der Waals surface area contributed by atoms with Crippen molar-refractivity contribution >= 4 is 17.5 Å². The largest absolute Gasteiger partial charge is 0.347 e. The molecule has 1 aliphatic heterocycles. The number of hydrogen-bond donors (Lipinski definition) is 2. The highest BCUT2D eigenvalue weighted by molar-refractivity contribution is 5.97. The first-order chi connectivity index (χ1) is 11.2. The minimum atomic E-state index is -0.290. The number of carbonyl (C=O) groups is 2. The fourth-order valence-corrected chi connectivity index (χ4v) is 2.77. The van der Waals surface area contributed by atoms with Gasteiger partial charge in [-0.2, -0.15) is 0 Å². The molecule has 1 fully saturated rings. The van der Waals surface area contributed by atoms with Crippen molar-refractivity contribution in [2.24, 2.45) is 5.92 Å². The Labute approximate surface area is 144 Å². The molecule has 1 aromatic carbocycles. The summed E-state index contributed by atoms with van der Waals surface area (Å²) in [7, 11) is 0. The summed E-state index contributed by atoms with van der Waals surface area (Å²) in [6.45, 7) is 10.4. The highest BCUT2D eigenvalue weighted by atomic mass is 16.2. The van der Waals surface area contributed by atoms with E-state index in [9.17, 15) is 9.59 Å². The molecule has 1 heterocycles. The second kappa shape index (κ2) is 7.79. The van der Waals surface area contributed by atoms with Gasteiger partial charge in [-0.25, -0.2) is 0 Å². The molecule has 0 unspecified atom stereocenters. The maximum atomic E-state index is 12.2. The van der Waals surface area contributed by atoms with Gasteiger partial charge in [0.1, 0.15) is 0 Å². The Balaban J connectivity index is 1.91. The second-order valence-electron chi connectivity index (χ2n) is 7.79. The molecule has 2 rings (SSSR count).